The molecule has 3 aliphatic rings. The molecule has 3 aromatic carbocycles. The number of benzene rings is 3. The van der Waals surface area contributed by atoms with Crippen LogP contribution >= 0.6 is 0 Å². The molecule has 0 unspecified atom stereocenters. The van der Waals surface area contributed by atoms with Gasteiger partial charge in [-0.25, -0.2) is 13.5 Å². The van der Waals surface area contributed by atoms with Gasteiger partial charge in [0, 0.05) is 23.6 Å². The van der Waals surface area contributed by atoms with E-state index in [0.717, 1.165) is 24.3 Å². The molecule has 1 aromatic heterocycles. The van der Waals surface area contributed by atoms with E-state index in [1.54, 1.807) is 0 Å². The number of carboxylic acids is 1. The number of rotatable bonds is 8. The zero-order valence-corrected chi connectivity index (χ0v) is 21.4. The highest BCUT2D eigenvalue weighted by atomic mass is 19.4. The highest BCUT2D eigenvalue weighted by molar-refractivity contribution is 6.07. The standard InChI is InChI=1S/C29H23F5N4O3/c30-19-5-6-20(22(31)11-19)17-9-21(26(41)35-28-13-27(14-28,15-28)8-7-24(39)40)25-23(10-17)36-37-38(25)12-16-1-3-18(4-2-16)29(32,33)34/h1-6,9-11H,7-8,12-15H2,(H,35,41)(H,39,40). The van der Waals surface area contributed by atoms with Gasteiger partial charge in [-0.15, -0.1) is 5.10 Å². The Morgan fingerprint density at radius 3 is 2.34 bits per heavy atom. The van der Waals surface area contributed by atoms with E-state index < -0.39 is 40.8 Å². The normalized spacial score (nSPS) is 21.3. The molecule has 12 heteroatoms. The third-order valence-corrected chi connectivity index (χ3v) is 8.10. The van der Waals surface area contributed by atoms with E-state index in [9.17, 15) is 31.5 Å². The molecule has 1 heterocycles. The Kier molecular flexibility index (Phi) is 6.13. The molecule has 2 bridgehead atoms. The Morgan fingerprint density at radius 2 is 1.71 bits per heavy atom. The lowest BCUT2D eigenvalue weighted by atomic mass is 9.38. The fourth-order valence-electron chi connectivity index (χ4n) is 6.32. The summed E-state index contributed by atoms with van der Waals surface area (Å²) in [7, 11) is 0. The van der Waals surface area contributed by atoms with Gasteiger partial charge in [0.2, 0.25) is 0 Å². The zero-order valence-electron chi connectivity index (χ0n) is 21.4. The van der Waals surface area contributed by atoms with Gasteiger partial charge in [0.1, 0.15) is 22.7 Å². The van der Waals surface area contributed by atoms with Crippen molar-refractivity contribution in [2.45, 2.75) is 50.4 Å². The Hall–Kier alpha value is -4.35. The van der Waals surface area contributed by atoms with E-state index in [2.05, 4.69) is 15.6 Å². The van der Waals surface area contributed by atoms with Crippen LogP contribution < -0.4 is 5.32 Å². The van der Waals surface area contributed by atoms with Crippen LogP contribution in [0.2, 0.25) is 0 Å². The molecule has 3 saturated carbocycles. The van der Waals surface area contributed by atoms with Crippen LogP contribution in [0.25, 0.3) is 22.2 Å². The Morgan fingerprint density at radius 1 is 1.00 bits per heavy atom. The summed E-state index contributed by atoms with van der Waals surface area (Å²) < 4.78 is 68.7. The zero-order chi connectivity index (χ0) is 29.2. The highest BCUT2D eigenvalue weighted by Gasteiger charge is 2.67. The number of nitrogens with zero attached hydrogens (tertiary/aromatic N) is 3. The Labute approximate surface area is 230 Å². The molecule has 212 valence electrons. The van der Waals surface area contributed by atoms with E-state index in [4.69, 9.17) is 5.11 Å². The van der Waals surface area contributed by atoms with Crippen LogP contribution in [-0.4, -0.2) is 37.5 Å². The van der Waals surface area contributed by atoms with Crippen LogP contribution in [0.5, 0.6) is 0 Å². The number of carbonyl (C=O) groups is 2. The number of halogens is 5. The molecule has 3 fully saturated rings. The summed E-state index contributed by atoms with van der Waals surface area (Å²) in [5.74, 6) is -2.92. The van der Waals surface area contributed by atoms with Gasteiger partial charge in [0.25, 0.3) is 5.91 Å². The SMILES string of the molecule is O=C(O)CCC12CC(NC(=O)c3cc(-c4ccc(F)cc4F)cc4nnn(Cc5ccc(C(F)(F)F)cc5)c34)(C1)C2. The molecule has 41 heavy (non-hydrogen) atoms. The van der Waals surface area contributed by atoms with Gasteiger partial charge in [0.05, 0.1) is 17.7 Å². The molecule has 0 saturated heterocycles. The van der Waals surface area contributed by atoms with Crippen LogP contribution in [-0.2, 0) is 17.5 Å². The van der Waals surface area contributed by atoms with Crippen molar-refractivity contribution in [1.29, 1.82) is 0 Å². The third kappa shape index (κ3) is 4.91. The lowest BCUT2D eigenvalue weighted by molar-refractivity contribution is -0.161. The summed E-state index contributed by atoms with van der Waals surface area (Å²) in [4.78, 5) is 24.7. The van der Waals surface area contributed by atoms with E-state index in [1.165, 1.54) is 35.0 Å². The number of alkyl halides is 3. The van der Waals surface area contributed by atoms with Gasteiger partial charge in [-0.05, 0) is 78.6 Å². The van der Waals surface area contributed by atoms with Crippen molar-refractivity contribution >= 4 is 22.9 Å². The fraction of sp³-hybridized carbons (Fsp3) is 0.310. The maximum absolute atomic E-state index is 14.7. The maximum atomic E-state index is 14.7. The number of hydrogen-bond donors (Lipinski definition) is 2. The fourth-order valence-corrected chi connectivity index (χ4v) is 6.32. The van der Waals surface area contributed by atoms with Crippen molar-refractivity contribution in [1.82, 2.24) is 20.3 Å². The number of amides is 1. The molecule has 1 amide bonds. The molecular weight excluding hydrogens is 547 g/mol. The molecule has 0 radical (unpaired) electrons. The molecule has 0 atom stereocenters. The first-order valence-corrected chi connectivity index (χ1v) is 12.9. The van der Waals surface area contributed by atoms with Gasteiger partial charge in [-0.2, -0.15) is 13.2 Å². The average Bonchev–Trinajstić information content (AvgIpc) is 3.26. The van der Waals surface area contributed by atoms with E-state index in [1.807, 2.05) is 0 Å². The van der Waals surface area contributed by atoms with Gasteiger partial charge < -0.3 is 10.4 Å². The summed E-state index contributed by atoms with van der Waals surface area (Å²) in [6, 6.07) is 10.6. The van der Waals surface area contributed by atoms with Crippen molar-refractivity contribution in [3.05, 3.63) is 82.9 Å². The van der Waals surface area contributed by atoms with Crippen LogP contribution in [0, 0.1) is 17.0 Å². The predicted molar refractivity (Wildman–Crippen MR) is 137 cm³/mol. The molecule has 7 nitrogen and oxygen atoms in total. The summed E-state index contributed by atoms with van der Waals surface area (Å²) in [5.41, 5.74) is 0.147. The second-order valence-electron chi connectivity index (χ2n) is 11.1. The smallest absolute Gasteiger partial charge is 0.416 e. The van der Waals surface area contributed by atoms with Crippen molar-refractivity contribution in [2.24, 2.45) is 5.41 Å². The Balaban J connectivity index is 1.34. The number of carbonyl (C=O) groups excluding carboxylic acids is 1. The van der Waals surface area contributed by atoms with Crippen LogP contribution in [0.4, 0.5) is 22.0 Å². The number of fused-ring (bicyclic) bond motifs is 1. The van der Waals surface area contributed by atoms with Crippen molar-refractivity contribution in [3.8, 4) is 11.1 Å². The number of aromatic nitrogens is 3. The minimum absolute atomic E-state index is 0.0165. The van der Waals surface area contributed by atoms with Gasteiger partial charge >= 0.3 is 12.1 Å². The van der Waals surface area contributed by atoms with E-state index >= 15 is 0 Å². The first-order chi connectivity index (χ1) is 19.4. The minimum atomic E-state index is -4.48. The molecule has 7 rings (SSSR count). The van der Waals surface area contributed by atoms with E-state index in [-0.39, 0.29) is 40.6 Å². The number of carboxylic acid groups (broad SMARTS) is 1. The maximum Gasteiger partial charge on any atom is 0.416 e. The number of hydrogen-bond acceptors (Lipinski definition) is 4. The van der Waals surface area contributed by atoms with Crippen LogP contribution in [0.1, 0.15) is 53.6 Å². The second-order valence-corrected chi connectivity index (χ2v) is 11.1. The highest BCUT2D eigenvalue weighted by Crippen LogP contribution is 2.69. The first kappa shape index (κ1) is 26.9. The van der Waals surface area contributed by atoms with Crippen molar-refractivity contribution in [2.75, 3.05) is 0 Å². The number of nitrogens with one attached hydrogen (secondary N) is 1. The second kappa shape index (κ2) is 9.35. The molecule has 2 N–H and O–H groups in total. The lowest BCUT2D eigenvalue weighted by Gasteiger charge is -2.71. The van der Waals surface area contributed by atoms with Crippen molar-refractivity contribution in [3.63, 3.8) is 0 Å². The largest absolute Gasteiger partial charge is 0.481 e. The van der Waals surface area contributed by atoms with Crippen molar-refractivity contribution < 1.29 is 36.6 Å². The summed E-state index contributed by atoms with van der Waals surface area (Å²) >= 11 is 0. The molecular formula is C29H23F5N4O3. The number of aliphatic carboxylic acids is 1. The van der Waals surface area contributed by atoms with Crippen LogP contribution in [0.3, 0.4) is 0 Å². The quantitative estimate of drug-likeness (QED) is 0.255. The summed E-state index contributed by atoms with van der Waals surface area (Å²) in [6.07, 6.45) is -1.94. The Bertz CT molecular complexity index is 1680. The van der Waals surface area contributed by atoms with Crippen LogP contribution in [0.15, 0.2) is 54.6 Å². The summed E-state index contributed by atoms with van der Waals surface area (Å²) in [6.45, 7) is 0.0165. The molecule has 0 spiro atoms. The average molecular weight is 571 g/mol. The topological polar surface area (TPSA) is 97.1 Å². The molecule has 3 aliphatic carbocycles. The molecule has 4 aromatic rings. The lowest BCUT2D eigenvalue weighted by Crippen LogP contribution is -2.74. The van der Waals surface area contributed by atoms with Gasteiger partial charge in [0.15, 0.2) is 0 Å². The minimum Gasteiger partial charge on any atom is -0.481 e. The van der Waals surface area contributed by atoms with Gasteiger partial charge in [-0.1, -0.05) is 17.3 Å². The monoisotopic (exact) mass is 570 g/mol. The third-order valence-electron chi connectivity index (χ3n) is 8.10. The van der Waals surface area contributed by atoms with E-state index in [0.29, 0.717) is 36.8 Å². The summed E-state index contributed by atoms with van der Waals surface area (Å²) in [5, 5.41) is 20.3. The van der Waals surface area contributed by atoms with Gasteiger partial charge in [-0.3, -0.25) is 9.59 Å². The first-order valence-electron chi connectivity index (χ1n) is 12.9. The molecule has 0 aliphatic heterocycles. The predicted octanol–water partition coefficient (Wildman–Crippen LogP) is 5.96.